The Morgan fingerprint density at radius 1 is 1.10 bits per heavy atom. The highest BCUT2D eigenvalue weighted by Crippen LogP contribution is 2.13. The molecule has 1 heterocycles. The monoisotopic (exact) mass is 375 g/mol. The van der Waals surface area contributed by atoms with Crippen molar-refractivity contribution in [3.63, 3.8) is 0 Å². The van der Waals surface area contributed by atoms with E-state index in [2.05, 4.69) is 21.2 Å². The van der Waals surface area contributed by atoms with Gasteiger partial charge in [-0.3, -0.25) is 9.59 Å². The van der Waals surface area contributed by atoms with Crippen LogP contribution < -0.4 is 5.32 Å². The molecule has 1 aromatic carbocycles. The van der Waals surface area contributed by atoms with Crippen LogP contribution in [0, 0.1) is 0 Å². The number of nitrogens with one attached hydrogen (secondary N) is 1. The Morgan fingerprint density at radius 3 is 2.14 bits per heavy atom. The second-order valence-electron chi connectivity index (χ2n) is 4.71. The maximum Gasteiger partial charge on any atom is 0.253 e. The van der Waals surface area contributed by atoms with Crippen LogP contribution in [0.15, 0.2) is 28.7 Å². The van der Waals surface area contributed by atoms with E-state index in [1.807, 2.05) is 24.3 Å². The Balaban J connectivity index is 0.00000220. The van der Waals surface area contributed by atoms with Crippen LogP contribution in [-0.2, 0) is 4.79 Å². The van der Waals surface area contributed by atoms with Gasteiger partial charge in [0.2, 0.25) is 5.91 Å². The summed E-state index contributed by atoms with van der Waals surface area (Å²) in [6.45, 7) is 2.72. The topological polar surface area (TPSA) is 52.7 Å². The normalized spacial score (nSPS) is 14.6. The van der Waals surface area contributed by atoms with Crippen molar-refractivity contribution < 1.29 is 9.59 Å². The zero-order valence-electron chi connectivity index (χ0n) is 11.8. The van der Waals surface area contributed by atoms with Crippen molar-refractivity contribution in [3.8, 4) is 0 Å². The van der Waals surface area contributed by atoms with Gasteiger partial charge in [0, 0.05) is 36.2 Å². The van der Waals surface area contributed by atoms with E-state index >= 15 is 0 Å². The lowest BCUT2D eigenvalue weighted by Gasteiger charge is -2.34. The van der Waals surface area contributed by atoms with Gasteiger partial charge >= 0.3 is 0 Å². The third-order valence-electron chi connectivity index (χ3n) is 3.34. The van der Waals surface area contributed by atoms with Gasteiger partial charge in [-0.25, -0.2) is 0 Å². The number of halogens is 2. The molecule has 1 aromatic rings. The number of hydrogen-bond donors (Lipinski definition) is 1. The fraction of sp³-hybridized carbons (Fsp3) is 0.429. The van der Waals surface area contributed by atoms with Gasteiger partial charge in [-0.15, -0.1) is 12.4 Å². The summed E-state index contributed by atoms with van der Waals surface area (Å²) in [4.78, 5) is 27.6. The zero-order chi connectivity index (χ0) is 14.5. The van der Waals surface area contributed by atoms with E-state index < -0.39 is 0 Å². The number of carbonyl (C=O) groups excluding carboxylic acids is 2. The van der Waals surface area contributed by atoms with Crippen LogP contribution in [0.1, 0.15) is 10.4 Å². The molecule has 0 aromatic heterocycles. The molecule has 1 aliphatic heterocycles. The molecule has 0 saturated carbocycles. The van der Waals surface area contributed by atoms with Gasteiger partial charge in [-0.05, 0) is 31.3 Å². The molecule has 0 unspecified atom stereocenters. The third kappa shape index (κ3) is 4.69. The number of amides is 2. The lowest BCUT2D eigenvalue weighted by atomic mass is 10.2. The fourth-order valence-electron chi connectivity index (χ4n) is 2.20. The molecule has 0 bridgehead atoms. The average Bonchev–Trinajstić information content (AvgIpc) is 2.48. The van der Waals surface area contributed by atoms with Crippen molar-refractivity contribution in [1.82, 2.24) is 15.1 Å². The van der Waals surface area contributed by atoms with E-state index in [-0.39, 0.29) is 24.2 Å². The van der Waals surface area contributed by atoms with Gasteiger partial charge < -0.3 is 15.1 Å². The molecule has 1 aliphatic rings. The maximum absolute atomic E-state index is 12.3. The number of likely N-dealkylation sites (N-methyl/N-ethyl adjacent to an activating group) is 1. The van der Waals surface area contributed by atoms with Crippen molar-refractivity contribution in [2.75, 3.05) is 39.8 Å². The largest absolute Gasteiger partial charge is 0.338 e. The standard InChI is InChI=1S/C14H18BrN3O2.ClH/c1-16-10-13(19)17-6-8-18(9-7-17)14(20)11-2-4-12(15)5-3-11;/h2-5,16H,6-10H2,1H3;1H. The molecule has 7 heteroatoms. The van der Waals surface area contributed by atoms with Crippen LogP contribution in [0.5, 0.6) is 0 Å². The molecule has 2 rings (SSSR count). The average molecular weight is 377 g/mol. The van der Waals surface area contributed by atoms with E-state index in [9.17, 15) is 9.59 Å². The molecule has 0 aliphatic carbocycles. The molecular weight excluding hydrogens is 358 g/mol. The summed E-state index contributed by atoms with van der Waals surface area (Å²) in [7, 11) is 1.76. The third-order valence-corrected chi connectivity index (χ3v) is 3.87. The van der Waals surface area contributed by atoms with Crippen molar-refractivity contribution in [3.05, 3.63) is 34.3 Å². The van der Waals surface area contributed by atoms with Crippen molar-refractivity contribution in [1.29, 1.82) is 0 Å². The van der Waals surface area contributed by atoms with Crippen LogP contribution in [0.3, 0.4) is 0 Å². The Morgan fingerprint density at radius 2 is 1.62 bits per heavy atom. The molecule has 5 nitrogen and oxygen atoms in total. The van der Waals surface area contributed by atoms with E-state index in [1.165, 1.54) is 0 Å². The molecule has 1 fully saturated rings. The van der Waals surface area contributed by atoms with Gasteiger partial charge in [-0.1, -0.05) is 15.9 Å². The lowest BCUT2D eigenvalue weighted by molar-refractivity contribution is -0.131. The second-order valence-corrected chi connectivity index (χ2v) is 5.63. The minimum Gasteiger partial charge on any atom is -0.338 e. The predicted octanol–water partition coefficient (Wildman–Crippen LogP) is 1.37. The van der Waals surface area contributed by atoms with Crippen LogP contribution in [0.25, 0.3) is 0 Å². The second kappa shape index (κ2) is 8.36. The Bertz CT molecular complexity index is 487. The number of carbonyl (C=O) groups is 2. The number of piperazine rings is 1. The first-order valence-electron chi connectivity index (χ1n) is 6.59. The van der Waals surface area contributed by atoms with E-state index in [1.54, 1.807) is 16.8 Å². The first-order chi connectivity index (χ1) is 9.61. The molecule has 0 atom stereocenters. The van der Waals surface area contributed by atoms with Gasteiger partial charge in [0.05, 0.1) is 6.54 Å². The summed E-state index contributed by atoms with van der Waals surface area (Å²) in [6.07, 6.45) is 0. The minimum atomic E-state index is 0. The molecule has 0 spiro atoms. The van der Waals surface area contributed by atoms with Gasteiger partial charge in [0.1, 0.15) is 0 Å². The van der Waals surface area contributed by atoms with Crippen LogP contribution in [-0.4, -0.2) is 61.4 Å². The number of nitrogens with zero attached hydrogens (tertiary/aromatic N) is 2. The summed E-state index contributed by atoms with van der Waals surface area (Å²) in [5, 5.41) is 2.85. The van der Waals surface area contributed by atoms with Gasteiger partial charge in [-0.2, -0.15) is 0 Å². The fourth-order valence-corrected chi connectivity index (χ4v) is 2.46. The summed E-state index contributed by atoms with van der Waals surface area (Å²) in [5.74, 6) is 0.112. The Kier molecular flexibility index (Phi) is 7.14. The van der Waals surface area contributed by atoms with Gasteiger partial charge in [0.25, 0.3) is 5.91 Å². The quantitative estimate of drug-likeness (QED) is 0.867. The van der Waals surface area contributed by atoms with Crippen molar-refractivity contribution in [2.24, 2.45) is 0 Å². The van der Waals surface area contributed by atoms with E-state index in [0.717, 1.165) is 4.47 Å². The van der Waals surface area contributed by atoms with E-state index in [4.69, 9.17) is 0 Å². The minimum absolute atomic E-state index is 0. The van der Waals surface area contributed by atoms with Crippen molar-refractivity contribution in [2.45, 2.75) is 0 Å². The predicted molar refractivity (Wildman–Crippen MR) is 87.8 cm³/mol. The van der Waals surface area contributed by atoms with Crippen molar-refractivity contribution >= 4 is 40.2 Å². The molecule has 116 valence electrons. The number of hydrogen-bond acceptors (Lipinski definition) is 3. The van der Waals surface area contributed by atoms with Crippen LogP contribution >= 0.6 is 28.3 Å². The smallest absolute Gasteiger partial charge is 0.253 e. The van der Waals surface area contributed by atoms with Gasteiger partial charge in [0.15, 0.2) is 0 Å². The summed E-state index contributed by atoms with van der Waals surface area (Å²) < 4.78 is 0.955. The van der Waals surface area contributed by atoms with E-state index in [0.29, 0.717) is 38.3 Å². The van der Waals surface area contributed by atoms with Crippen LogP contribution in [0.4, 0.5) is 0 Å². The number of benzene rings is 1. The highest BCUT2D eigenvalue weighted by atomic mass is 79.9. The first kappa shape index (κ1) is 17.9. The molecule has 2 amide bonds. The highest BCUT2D eigenvalue weighted by Gasteiger charge is 2.24. The highest BCUT2D eigenvalue weighted by molar-refractivity contribution is 9.10. The maximum atomic E-state index is 12.3. The Hall–Kier alpha value is -1.11. The first-order valence-corrected chi connectivity index (χ1v) is 7.38. The summed E-state index contributed by atoms with van der Waals surface area (Å²) >= 11 is 3.35. The van der Waals surface area contributed by atoms with Crippen LogP contribution in [0.2, 0.25) is 0 Å². The molecule has 0 radical (unpaired) electrons. The molecule has 21 heavy (non-hydrogen) atoms. The molecule has 1 N–H and O–H groups in total. The lowest BCUT2D eigenvalue weighted by Crippen LogP contribution is -2.52. The summed E-state index contributed by atoms with van der Waals surface area (Å²) in [6, 6.07) is 7.34. The SMILES string of the molecule is CNCC(=O)N1CCN(C(=O)c2ccc(Br)cc2)CC1.Cl. The number of rotatable bonds is 3. The Labute approximate surface area is 139 Å². The summed E-state index contributed by atoms with van der Waals surface area (Å²) in [5.41, 5.74) is 0.684. The molecule has 1 saturated heterocycles. The zero-order valence-corrected chi connectivity index (χ0v) is 14.2. The molecular formula is C14H19BrClN3O2.